The lowest BCUT2D eigenvalue weighted by atomic mass is 10.1. The molecule has 0 spiro atoms. The standard InChI is InChI=1S/C30H23F3N2O3/c1-20-28(35-29(37-20)25-8-6-23(7-9-25)24-14-16-34-17-15-24)18-21-2-10-26(11-3-21)36-19-22-4-12-27(13-5-22)38-30(31,32)33/h2-17H,18-19H2,1H3. The Balaban J connectivity index is 1.18. The van der Waals surface area contributed by atoms with Gasteiger partial charge in [-0.3, -0.25) is 4.98 Å². The summed E-state index contributed by atoms with van der Waals surface area (Å²) in [5.41, 5.74) is 5.71. The summed E-state index contributed by atoms with van der Waals surface area (Å²) in [5.74, 6) is 1.72. The van der Waals surface area contributed by atoms with Crippen LogP contribution in [-0.4, -0.2) is 16.3 Å². The monoisotopic (exact) mass is 516 g/mol. The van der Waals surface area contributed by atoms with Gasteiger partial charge in [-0.05, 0) is 77.7 Å². The topological polar surface area (TPSA) is 57.4 Å². The van der Waals surface area contributed by atoms with E-state index in [2.05, 4.69) is 9.72 Å². The molecule has 5 nitrogen and oxygen atoms in total. The number of hydrogen-bond donors (Lipinski definition) is 0. The molecule has 0 atom stereocenters. The van der Waals surface area contributed by atoms with Gasteiger partial charge in [-0.2, -0.15) is 0 Å². The number of ether oxygens (including phenoxy) is 2. The molecule has 0 amide bonds. The molecule has 0 bridgehead atoms. The number of benzene rings is 3. The van der Waals surface area contributed by atoms with Crippen molar-refractivity contribution in [2.24, 2.45) is 0 Å². The van der Waals surface area contributed by atoms with Gasteiger partial charge in [0.1, 0.15) is 23.9 Å². The van der Waals surface area contributed by atoms with Crippen LogP contribution in [0, 0.1) is 6.92 Å². The maximum atomic E-state index is 12.3. The molecular weight excluding hydrogens is 493 g/mol. The van der Waals surface area contributed by atoms with Gasteiger partial charge in [-0.1, -0.05) is 36.4 Å². The predicted octanol–water partition coefficient (Wildman–Crippen LogP) is 7.78. The third kappa shape index (κ3) is 6.39. The summed E-state index contributed by atoms with van der Waals surface area (Å²) in [4.78, 5) is 8.77. The van der Waals surface area contributed by atoms with E-state index in [-0.39, 0.29) is 12.4 Å². The molecule has 0 aliphatic rings. The number of alkyl halides is 3. The van der Waals surface area contributed by atoms with Gasteiger partial charge in [0.05, 0.1) is 5.69 Å². The van der Waals surface area contributed by atoms with Gasteiger partial charge >= 0.3 is 6.36 Å². The Kier molecular flexibility index (Phi) is 7.13. The van der Waals surface area contributed by atoms with Crippen LogP contribution in [0.4, 0.5) is 13.2 Å². The number of oxazole rings is 1. The number of nitrogens with zero attached hydrogens (tertiary/aromatic N) is 2. The fraction of sp³-hybridized carbons (Fsp3) is 0.133. The highest BCUT2D eigenvalue weighted by Gasteiger charge is 2.30. The largest absolute Gasteiger partial charge is 0.573 e. The Bertz CT molecular complexity index is 1480. The van der Waals surface area contributed by atoms with E-state index in [0.717, 1.165) is 39.3 Å². The number of pyridine rings is 1. The normalized spacial score (nSPS) is 11.4. The van der Waals surface area contributed by atoms with Crippen molar-refractivity contribution in [3.8, 4) is 34.1 Å². The molecule has 38 heavy (non-hydrogen) atoms. The molecule has 0 aliphatic heterocycles. The van der Waals surface area contributed by atoms with E-state index in [4.69, 9.17) is 14.1 Å². The molecule has 0 N–H and O–H groups in total. The Labute approximate surface area is 217 Å². The van der Waals surface area contributed by atoms with Gasteiger partial charge in [0.2, 0.25) is 5.89 Å². The van der Waals surface area contributed by atoms with Crippen LogP contribution in [-0.2, 0) is 13.0 Å². The summed E-state index contributed by atoms with van der Waals surface area (Å²) in [7, 11) is 0. The fourth-order valence-corrected chi connectivity index (χ4v) is 3.92. The first-order chi connectivity index (χ1) is 18.3. The molecule has 2 heterocycles. The third-order valence-corrected chi connectivity index (χ3v) is 5.90. The summed E-state index contributed by atoms with van der Waals surface area (Å²) in [6.07, 6.45) is -0.571. The second kappa shape index (κ2) is 10.8. The first kappa shape index (κ1) is 25.1. The zero-order valence-electron chi connectivity index (χ0n) is 20.4. The molecule has 0 unspecified atom stereocenters. The summed E-state index contributed by atoms with van der Waals surface area (Å²) < 4.78 is 52.5. The highest BCUT2D eigenvalue weighted by Crippen LogP contribution is 2.27. The lowest BCUT2D eigenvalue weighted by Gasteiger charge is -2.10. The highest BCUT2D eigenvalue weighted by atomic mass is 19.4. The molecule has 2 aromatic heterocycles. The second-order valence-corrected chi connectivity index (χ2v) is 8.64. The van der Waals surface area contributed by atoms with Crippen molar-refractivity contribution < 1.29 is 27.1 Å². The minimum absolute atomic E-state index is 0.220. The Hall–Kier alpha value is -4.59. The third-order valence-electron chi connectivity index (χ3n) is 5.90. The van der Waals surface area contributed by atoms with Crippen molar-refractivity contribution in [1.29, 1.82) is 0 Å². The van der Waals surface area contributed by atoms with Crippen molar-refractivity contribution in [3.05, 3.63) is 120 Å². The lowest BCUT2D eigenvalue weighted by Crippen LogP contribution is -2.17. The van der Waals surface area contributed by atoms with Crippen LogP contribution >= 0.6 is 0 Å². The van der Waals surface area contributed by atoms with Crippen LogP contribution < -0.4 is 9.47 Å². The average molecular weight is 517 g/mol. The molecule has 5 rings (SSSR count). The average Bonchev–Trinajstić information content (AvgIpc) is 3.28. The van der Waals surface area contributed by atoms with E-state index in [1.54, 1.807) is 12.4 Å². The van der Waals surface area contributed by atoms with E-state index >= 15 is 0 Å². The van der Waals surface area contributed by atoms with E-state index in [1.165, 1.54) is 24.3 Å². The van der Waals surface area contributed by atoms with Crippen LogP contribution in [0.25, 0.3) is 22.6 Å². The SMILES string of the molecule is Cc1oc(-c2ccc(-c3ccncc3)cc2)nc1Cc1ccc(OCc2ccc(OC(F)(F)F)cc2)cc1. The van der Waals surface area contributed by atoms with Gasteiger partial charge < -0.3 is 13.9 Å². The van der Waals surface area contributed by atoms with E-state index in [1.807, 2.05) is 67.6 Å². The number of aryl methyl sites for hydroxylation is 1. The molecule has 0 fully saturated rings. The minimum Gasteiger partial charge on any atom is -0.489 e. The van der Waals surface area contributed by atoms with Gasteiger partial charge in [-0.15, -0.1) is 13.2 Å². The first-order valence-corrected chi connectivity index (χ1v) is 11.9. The predicted molar refractivity (Wildman–Crippen MR) is 137 cm³/mol. The Morgan fingerprint density at radius 1 is 0.711 bits per heavy atom. The first-order valence-electron chi connectivity index (χ1n) is 11.9. The minimum atomic E-state index is -4.71. The van der Waals surface area contributed by atoms with Crippen LogP contribution in [0.15, 0.2) is 102 Å². The second-order valence-electron chi connectivity index (χ2n) is 8.64. The number of halogens is 3. The molecule has 3 aromatic carbocycles. The maximum Gasteiger partial charge on any atom is 0.573 e. The van der Waals surface area contributed by atoms with Gasteiger partial charge in [0, 0.05) is 24.4 Å². The smallest absolute Gasteiger partial charge is 0.489 e. The zero-order valence-corrected chi connectivity index (χ0v) is 20.4. The summed E-state index contributed by atoms with van der Waals surface area (Å²) in [6.45, 7) is 2.12. The lowest BCUT2D eigenvalue weighted by molar-refractivity contribution is -0.274. The maximum absolute atomic E-state index is 12.3. The quantitative estimate of drug-likeness (QED) is 0.211. The fourth-order valence-electron chi connectivity index (χ4n) is 3.92. The number of hydrogen-bond acceptors (Lipinski definition) is 5. The Morgan fingerprint density at radius 2 is 1.29 bits per heavy atom. The van der Waals surface area contributed by atoms with Crippen molar-refractivity contribution in [3.63, 3.8) is 0 Å². The van der Waals surface area contributed by atoms with E-state index < -0.39 is 6.36 Å². The molecule has 5 aromatic rings. The number of rotatable bonds is 8. The van der Waals surface area contributed by atoms with Gasteiger partial charge in [-0.25, -0.2) is 4.98 Å². The van der Waals surface area contributed by atoms with Crippen molar-refractivity contribution in [2.75, 3.05) is 0 Å². The van der Waals surface area contributed by atoms with Gasteiger partial charge in [0.15, 0.2) is 0 Å². The molecule has 192 valence electrons. The van der Waals surface area contributed by atoms with E-state index in [9.17, 15) is 13.2 Å². The van der Waals surface area contributed by atoms with Crippen molar-refractivity contribution in [1.82, 2.24) is 9.97 Å². The molecule has 8 heteroatoms. The van der Waals surface area contributed by atoms with Crippen molar-refractivity contribution in [2.45, 2.75) is 26.3 Å². The molecule has 0 radical (unpaired) electrons. The highest BCUT2D eigenvalue weighted by molar-refractivity contribution is 5.67. The van der Waals surface area contributed by atoms with Gasteiger partial charge in [0.25, 0.3) is 0 Å². The molecule has 0 saturated heterocycles. The summed E-state index contributed by atoms with van der Waals surface area (Å²) in [5, 5.41) is 0. The van der Waals surface area contributed by atoms with Crippen LogP contribution in [0.5, 0.6) is 11.5 Å². The van der Waals surface area contributed by atoms with E-state index in [0.29, 0.717) is 18.1 Å². The summed E-state index contributed by atoms with van der Waals surface area (Å²) in [6, 6.07) is 25.2. The molecule has 0 aliphatic carbocycles. The zero-order chi connectivity index (χ0) is 26.5. The summed E-state index contributed by atoms with van der Waals surface area (Å²) >= 11 is 0. The molecular formula is C30H23F3N2O3. The van der Waals surface area contributed by atoms with Crippen molar-refractivity contribution >= 4 is 0 Å². The Morgan fingerprint density at radius 3 is 1.95 bits per heavy atom. The van der Waals surface area contributed by atoms with Crippen LogP contribution in [0.1, 0.15) is 22.6 Å². The molecule has 0 saturated carbocycles. The number of aromatic nitrogens is 2. The van der Waals surface area contributed by atoms with Crippen LogP contribution in [0.3, 0.4) is 0 Å². The van der Waals surface area contributed by atoms with Crippen LogP contribution in [0.2, 0.25) is 0 Å².